The molecule has 0 unspecified atom stereocenters. The number of esters is 1. The Morgan fingerprint density at radius 2 is 1.64 bits per heavy atom. The Bertz CT molecular complexity index is 2020. The number of aliphatic hydroxyl groups excluding tert-OH is 1. The van der Waals surface area contributed by atoms with E-state index in [1.807, 2.05) is 47.8 Å². The van der Waals surface area contributed by atoms with Gasteiger partial charge in [0.05, 0.1) is 41.8 Å². The summed E-state index contributed by atoms with van der Waals surface area (Å²) in [5.41, 5.74) is 4.79. The Morgan fingerprint density at radius 3 is 2.34 bits per heavy atom. The van der Waals surface area contributed by atoms with Crippen molar-refractivity contribution < 1.29 is 27.9 Å². The fourth-order valence-electron chi connectivity index (χ4n) is 4.80. The molecular formula is C36H31N3O6S2. The Hall–Kier alpha value is -5.35. The summed E-state index contributed by atoms with van der Waals surface area (Å²) in [5, 5.41) is 12.6. The van der Waals surface area contributed by atoms with Crippen LogP contribution in [0.1, 0.15) is 28.1 Å². The molecule has 11 heteroatoms. The molecule has 5 aromatic rings. The number of aromatic nitrogens is 1. The van der Waals surface area contributed by atoms with Gasteiger partial charge < -0.3 is 9.84 Å². The van der Waals surface area contributed by atoms with Gasteiger partial charge >= 0.3 is 5.97 Å². The molecule has 9 nitrogen and oxygen atoms in total. The number of anilines is 1. The van der Waals surface area contributed by atoms with E-state index in [4.69, 9.17) is 4.74 Å². The van der Waals surface area contributed by atoms with Crippen LogP contribution < -0.4 is 4.31 Å². The van der Waals surface area contributed by atoms with Crippen LogP contribution in [-0.4, -0.2) is 43.7 Å². The highest BCUT2D eigenvalue weighted by atomic mass is 32.2. The molecule has 1 aromatic heterocycles. The molecule has 5 rings (SSSR count). The molecule has 1 N–H and O–H groups in total. The fraction of sp³-hybridized carbons (Fsp3) is 0.139. The van der Waals surface area contributed by atoms with Crippen molar-refractivity contribution in [2.75, 3.05) is 11.4 Å². The number of nitrogens with zero attached hydrogens (tertiary/aromatic N) is 3. The second kappa shape index (κ2) is 15.3. The van der Waals surface area contributed by atoms with Gasteiger partial charge in [-0.15, -0.1) is 11.3 Å². The van der Waals surface area contributed by atoms with Crippen LogP contribution in [0.25, 0.3) is 11.3 Å². The third-order valence-corrected chi connectivity index (χ3v) is 9.92. The van der Waals surface area contributed by atoms with Gasteiger partial charge in [0.2, 0.25) is 0 Å². The van der Waals surface area contributed by atoms with Crippen molar-refractivity contribution in [3.8, 4) is 11.3 Å². The van der Waals surface area contributed by atoms with E-state index in [1.165, 1.54) is 34.8 Å². The van der Waals surface area contributed by atoms with Crippen molar-refractivity contribution in [1.82, 2.24) is 4.98 Å². The van der Waals surface area contributed by atoms with Crippen LogP contribution in [0, 0.1) is 0 Å². The SMILES string of the molecule is COC(=O)CCc1ccc(N(Cc2ccc(N=Cc3nc(-c4ccccc4)cs3)cc2)S(=O)(=O)c2ccccc2CC(O)=C=O)cc1. The number of hydrogen-bond acceptors (Lipinski definition) is 9. The van der Waals surface area contributed by atoms with Crippen molar-refractivity contribution in [1.29, 1.82) is 0 Å². The summed E-state index contributed by atoms with van der Waals surface area (Å²) in [5.74, 6) is 0.492. The molecule has 0 amide bonds. The first-order valence-corrected chi connectivity index (χ1v) is 16.9. The molecule has 1 heterocycles. The van der Waals surface area contributed by atoms with Crippen LogP contribution in [-0.2, 0) is 43.7 Å². The maximum Gasteiger partial charge on any atom is 0.305 e. The molecule has 0 saturated heterocycles. The molecule has 0 fully saturated rings. The van der Waals surface area contributed by atoms with E-state index < -0.39 is 15.8 Å². The minimum Gasteiger partial charge on any atom is -0.502 e. The van der Waals surface area contributed by atoms with E-state index in [0.717, 1.165) is 21.8 Å². The van der Waals surface area contributed by atoms with Gasteiger partial charge in [-0.05, 0) is 53.4 Å². The van der Waals surface area contributed by atoms with E-state index >= 15 is 0 Å². The van der Waals surface area contributed by atoms with Gasteiger partial charge in [0, 0.05) is 23.8 Å². The Kier molecular flexibility index (Phi) is 10.7. The summed E-state index contributed by atoms with van der Waals surface area (Å²) in [6.07, 6.45) is 2.06. The maximum absolute atomic E-state index is 14.2. The molecule has 0 saturated carbocycles. The second-order valence-electron chi connectivity index (χ2n) is 10.4. The quantitative estimate of drug-likeness (QED) is 0.0629. The fourth-order valence-corrected chi connectivity index (χ4v) is 7.16. The Morgan fingerprint density at radius 1 is 0.957 bits per heavy atom. The average molecular weight is 666 g/mol. The van der Waals surface area contributed by atoms with Crippen LogP contribution in [0.15, 0.2) is 124 Å². The largest absolute Gasteiger partial charge is 0.502 e. The molecule has 47 heavy (non-hydrogen) atoms. The van der Waals surface area contributed by atoms with Crippen LogP contribution in [0.2, 0.25) is 0 Å². The van der Waals surface area contributed by atoms with Crippen LogP contribution in [0.5, 0.6) is 0 Å². The van der Waals surface area contributed by atoms with Crippen LogP contribution in [0.4, 0.5) is 11.4 Å². The standard InChI is InChI=1S/C36H31N3O6S2/c1-45-36(42)20-15-26-13-18-31(19-14-26)39(47(43,44)34-10-6-5-9-29(34)21-32(41)24-40)23-27-11-16-30(17-12-27)37-22-35-38-33(25-46-35)28-7-3-2-4-8-28/h2-14,16-19,22,25,41H,15,20-21,23H2,1H3. The molecule has 0 aliphatic heterocycles. The zero-order valence-corrected chi connectivity index (χ0v) is 27.1. The van der Waals surface area contributed by atoms with Crippen molar-refractivity contribution in [3.63, 3.8) is 0 Å². The number of benzene rings is 4. The van der Waals surface area contributed by atoms with E-state index in [2.05, 4.69) is 9.98 Å². The number of carbonyl (C=O) groups excluding carboxylic acids is 2. The van der Waals surface area contributed by atoms with Gasteiger partial charge in [-0.25, -0.2) is 18.2 Å². The summed E-state index contributed by atoms with van der Waals surface area (Å²) >= 11 is 1.49. The number of ether oxygens (including phenoxy) is 1. The van der Waals surface area contributed by atoms with E-state index in [9.17, 15) is 23.1 Å². The smallest absolute Gasteiger partial charge is 0.305 e. The van der Waals surface area contributed by atoms with Gasteiger partial charge in [-0.3, -0.25) is 14.1 Å². The molecule has 0 aliphatic rings. The number of hydrogen-bond donors (Lipinski definition) is 1. The molecular weight excluding hydrogens is 635 g/mol. The first kappa shape index (κ1) is 33.0. The van der Waals surface area contributed by atoms with Crippen molar-refractivity contribution >= 4 is 50.9 Å². The molecule has 0 spiro atoms. The number of carbonyl (C=O) groups is 1. The van der Waals surface area contributed by atoms with Gasteiger partial charge in [-0.1, -0.05) is 72.8 Å². The third kappa shape index (κ3) is 8.47. The van der Waals surface area contributed by atoms with Gasteiger partial charge in [0.1, 0.15) is 5.01 Å². The van der Waals surface area contributed by atoms with Crippen molar-refractivity contribution in [3.05, 3.63) is 136 Å². The number of aliphatic imine (C=N–C) groups is 1. The first-order chi connectivity index (χ1) is 22.8. The molecule has 0 atom stereocenters. The molecule has 4 aromatic carbocycles. The topological polar surface area (TPSA) is 126 Å². The summed E-state index contributed by atoms with van der Waals surface area (Å²) in [7, 11) is -2.86. The van der Waals surface area contributed by atoms with E-state index in [-0.39, 0.29) is 35.8 Å². The highest BCUT2D eigenvalue weighted by Crippen LogP contribution is 2.30. The number of rotatable bonds is 13. The van der Waals surface area contributed by atoms with Gasteiger partial charge in [-0.2, -0.15) is 0 Å². The summed E-state index contributed by atoms with van der Waals surface area (Å²) in [4.78, 5) is 31.8. The number of aliphatic hydroxyl groups is 1. The number of methoxy groups -OCH3 is 1. The monoisotopic (exact) mass is 665 g/mol. The number of aryl methyl sites for hydroxylation is 1. The minimum absolute atomic E-state index is 0.00934. The number of allylic oxidation sites excluding steroid dienone is 1. The second-order valence-corrected chi connectivity index (χ2v) is 13.2. The van der Waals surface area contributed by atoms with Gasteiger partial charge in [0.15, 0.2) is 11.7 Å². The zero-order valence-electron chi connectivity index (χ0n) is 25.4. The Labute approximate surface area is 277 Å². The molecule has 0 bridgehead atoms. The molecule has 0 radical (unpaired) electrons. The van der Waals surface area contributed by atoms with Crippen LogP contribution >= 0.6 is 11.3 Å². The van der Waals surface area contributed by atoms with E-state index in [1.54, 1.807) is 60.8 Å². The van der Waals surface area contributed by atoms with Crippen molar-refractivity contribution in [2.24, 2.45) is 4.99 Å². The average Bonchev–Trinajstić information content (AvgIpc) is 3.59. The molecule has 0 aliphatic carbocycles. The minimum atomic E-state index is -4.19. The number of thiazole rings is 1. The van der Waals surface area contributed by atoms with Gasteiger partial charge in [0.25, 0.3) is 10.0 Å². The van der Waals surface area contributed by atoms with E-state index in [0.29, 0.717) is 23.4 Å². The normalized spacial score (nSPS) is 11.3. The molecule has 238 valence electrons. The highest BCUT2D eigenvalue weighted by Gasteiger charge is 2.28. The highest BCUT2D eigenvalue weighted by molar-refractivity contribution is 7.92. The summed E-state index contributed by atoms with van der Waals surface area (Å²) in [6.45, 7) is -0.00934. The predicted octanol–water partition coefficient (Wildman–Crippen LogP) is 6.88. The lowest BCUT2D eigenvalue weighted by Gasteiger charge is -2.26. The predicted molar refractivity (Wildman–Crippen MR) is 183 cm³/mol. The lowest BCUT2D eigenvalue weighted by molar-refractivity contribution is -0.140. The Balaban J connectivity index is 1.41. The lowest BCUT2D eigenvalue weighted by atomic mass is 10.1. The maximum atomic E-state index is 14.2. The van der Waals surface area contributed by atoms with Crippen LogP contribution in [0.3, 0.4) is 0 Å². The summed E-state index contributed by atoms with van der Waals surface area (Å²) < 4.78 is 34.5. The zero-order chi connectivity index (χ0) is 33.2. The lowest BCUT2D eigenvalue weighted by Crippen LogP contribution is -2.31. The van der Waals surface area contributed by atoms with Crippen molar-refractivity contribution in [2.45, 2.75) is 30.7 Å². The number of sulfonamides is 1. The summed E-state index contributed by atoms with van der Waals surface area (Å²) in [6, 6.07) is 30.3. The third-order valence-electron chi connectivity index (χ3n) is 7.26. The first-order valence-electron chi connectivity index (χ1n) is 14.6.